The minimum Gasteiger partial charge on any atom is -0.355 e. The van der Waals surface area contributed by atoms with Crippen LogP contribution in [0.25, 0.3) is 0 Å². The van der Waals surface area contributed by atoms with Gasteiger partial charge in [-0.25, -0.2) is 0 Å². The minimum atomic E-state index is -3.74. The maximum Gasteiger partial charge on any atom is 0.283 e. The molecule has 2 aromatic carbocycles. The van der Waals surface area contributed by atoms with Crippen LogP contribution in [-0.4, -0.2) is 25.7 Å². The summed E-state index contributed by atoms with van der Waals surface area (Å²) in [6.07, 6.45) is 4.53. The Morgan fingerprint density at radius 3 is 2.52 bits per heavy atom. The molecule has 4 nitrogen and oxygen atoms in total. The highest BCUT2D eigenvalue weighted by atomic mass is 32.2. The zero-order chi connectivity index (χ0) is 19.3. The van der Waals surface area contributed by atoms with Gasteiger partial charge < -0.3 is 4.90 Å². The third kappa shape index (κ3) is 4.86. The summed E-state index contributed by atoms with van der Waals surface area (Å²) in [5.74, 6) is 0.741. The van der Waals surface area contributed by atoms with E-state index in [1.807, 2.05) is 31.2 Å². The Bertz CT molecular complexity index is 903. The monoisotopic (exact) mass is 382 g/mol. The lowest BCUT2D eigenvalue weighted by molar-refractivity contribution is 0.325. The van der Waals surface area contributed by atoms with Crippen molar-refractivity contribution in [2.24, 2.45) is 10.3 Å². The highest BCUT2D eigenvalue weighted by Crippen LogP contribution is 2.26. The Labute approximate surface area is 162 Å². The first-order valence-corrected chi connectivity index (χ1v) is 10.7. The SMILES string of the molecule is C=CCC1CCCN(Cc2ccccc2)/C1=N/S(=O)(=O)c1ccc(C)cc1. The van der Waals surface area contributed by atoms with Gasteiger partial charge in [-0.2, -0.15) is 8.42 Å². The van der Waals surface area contributed by atoms with Crippen molar-refractivity contribution in [2.75, 3.05) is 6.54 Å². The van der Waals surface area contributed by atoms with Gasteiger partial charge in [-0.1, -0.05) is 54.1 Å². The first-order chi connectivity index (χ1) is 13.0. The topological polar surface area (TPSA) is 49.7 Å². The average molecular weight is 383 g/mol. The van der Waals surface area contributed by atoms with Gasteiger partial charge in [0.2, 0.25) is 0 Å². The highest BCUT2D eigenvalue weighted by Gasteiger charge is 2.28. The van der Waals surface area contributed by atoms with Crippen LogP contribution in [0, 0.1) is 12.8 Å². The van der Waals surface area contributed by atoms with Crippen molar-refractivity contribution in [2.45, 2.75) is 37.6 Å². The number of likely N-dealkylation sites (tertiary alicyclic amines) is 1. The fourth-order valence-electron chi connectivity index (χ4n) is 3.44. The van der Waals surface area contributed by atoms with E-state index in [4.69, 9.17) is 0 Å². The summed E-state index contributed by atoms with van der Waals surface area (Å²) < 4.78 is 30.2. The Morgan fingerprint density at radius 1 is 1.15 bits per heavy atom. The average Bonchev–Trinajstić information content (AvgIpc) is 2.65. The summed E-state index contributed by atoms with van der Waals surface area (Å²) in [5, 5.41) is 0. The number of rotatable bonds is 6. The van der Waals surface area contributed by atoms with Crippen molar-refractivity contribution in [3.05, 3.63) is 78.4 Å². The van der Waals surface area contributed by atoms with Gasteiger partial charge in [0.05, 0.1) is 4.90 Å². The van der Waals surface area contributed by atoms with E-state index in [1.165, 1.54) is 0 Å². The van der Waals surface area contributed by atoms with Gasteiger partial charge >= 0.3 is 0 Å². The van der Waals surface area contributed by atoms with Crippen molar-refractivity contribution in [3.8, 4) is 0 Å². The number of aryl methyl sites for hydroxylation is 1. The number of benzene rings is 2. The normalized spacial score (nSPS) is 19.2. The van der Waals surface area contributed by atoms with E-state index in [1.54, 1.807) is 24.3 Å². The van der Waals surface area contributed by atoms with Gasteiger partial charge in [0.15, 0.2) is 0 Å². The smallest absolute Gasteiger partial charge is 0.283 e. The molecule has 1 aliphatic rings. The molecule has 0 spiro atoms. The number of allylic oxidation sites excluding steroid dienone is 1. The van der Waals surface area contributed by atoms with Gasteiger partial charge in [0.25, 0.3) is 10.0 Å². The molecule has 1 heterocycles. The first kappa shape index (κ1) is 19.4. The second-order valence-electron chi connectivity index (χ2n) is 7.01. The fourth-order valence-corrected chi connectivity index (χ4v) is 4.53. The predicted molar refractivity (Wildman–Crippen MR) is 110 cm³/mol. The molecule has 0 aromatic heterocycles. The van der Waals surface area contributed by atoms with Crippen molar-refractivity contribution in [1.29, 1.82) is 0 Å². The van der Waals surface area contributed by atoms with E-state index in [0.29, 0.717) is 12.4 Å². The second-order valence-corrected chi connectivity index (χ2v) is 8.61. The number of sulfonamides is 1. The van der Waals surface area contributed by atoms with Crippen LogP contribution in [0.5, 0.6) is 0 Å². The summed E-state index contributed by atoms with van der Waals surface area (Å²) in [5.41, 5.74) is 2.17. The molecule has 0 aliphatic carbocycles. The molecule has 0 radical (unpaired) electrons. The van der Waals surface area contributed by atoms with Gasteiger partial charge in [0, 0.05) is 19.0 Å². The van der Waals surface area contributed by atoms with E-state index in [2.05, 4.69) is 28.0 Å². The molecule has 27 heavy (non-hydrogen) atoms. The molecule has 2 aromatic rings. The van der Waals surface area contributed by atoms with Crippen LogP contribution in [-0.2, 0) is 16.6 Å². The van der Waals surface area contributed by atoms with Gasteiger partial charge in [0.1, 0.15) is 5.84 Å². The molecule has 1 aliphatic heterocycles. The third-order valence-electron chi connectivity index (χ3n) is 4.87. The van der Waals surface area contributed by atoms with Crippen LogP contribution in [0.4, 0.5) is 0 Å². The lowest BCUT2D eigenvalue weighted by atomic mass is 9.93. The number of hydrogen-bond acceptors (Lipinski definition) is 2. The van der Waals surface area contributed by atoms with Crippen molar-refractivity contribution < 1.29 is 8.42 Å². The van der Waals surface area contributed by atoms with E-state index < -0.39 is 10.0 Å². The molecule has 0 saturated carbocycles. The Balaban J connectivity index is 1.96. The summed E-state index contributed by atoms with van der Waals surface area (Å²) in [6, 6.07) is 17.0. The van der Waals surface area contributed by atoms with Gasteiger partial charge in [-0.15, -0.1) is 11.0 Å². The lowest BCUT2D eigenvalue weighted by Gasteiger charge is -2.35. The highest BCUT2D eigenvalue weighted by molar-refractivity contribution is 7.90. The van der Waals surface area contributed by atoms with E-state index in [-0.39, 0.29) is 10.8 Å². The Hall–Kier alpha value is -2.40. The Morgan fingerprint density at radius 2 is 1.85 bits per heavy atom. The number of amidine groups is 1. The molecule has 0 amide bonds. The van der Waals surface area contributed by atoms with Crippen LogP contribution < -0.4 is 0 Å². The van der Waals surface area contributed by atoms with E-state index in [9.17, 15) is 8.42 Å². The summed E-state index contributed by atoms with van der Waals surface area (Å²) in [7, 11) is -3.74. The van der Waals surface area contributed by atoms with Crippen molar-refractivity contribution >= 4 is 15.9 Å². The fraction of sp³-hybridized carbons (Fsp3) is 0.318. The number of nitrogens with zero attached hydrogens (tertiary/aromatic N) is 2. The molecular weight excluding hydrogens is 356 g/mol. The van der Waals surface area contributed by atoms with Crippen LogP contribution in [0.1, 0.15) is 30.4 Å². The van der Waals surface area contributed by atoms with Gasteiger partial charge in [-0.05, 0) is 43.9 Å². The molecule has 1 saturated heterocycles. The van der Waals surface area contributed by atoms with Crippen molar-refractivity contribution in [3.63, 3.8) is 0 Å². The van der Waals surface area contributed by atoms with Crippen LogP contribution in [0.2, 0.25) is 0 Å². The molecule has 1 atom stereocenters. The lowest BCUT2D eigenvalue weighted by Crippen LogP contribution is -2.41. The summed E-state index contributed by atoms with van der Waals surface area (Å²) in [6.45, 7) is 7.25. The molecular formula is C22H26N2O2S. The third-order valence-corrected chi connectivity index (χ3v) is 6.17. The van der Waals surface area contributed by atoms with E-state index >= 15 is 0 Å². The van der Waals surface area contributed by atoms with E-state index in [0.717, 1.165) is 36.9 Å². The van der Waals surface area contributed by atoms with Gasteiger partial charge in [-0.3, -0.25) is 0 Å². The molecule has 0 bridgehead atoms. The minimum absolute atomic E-state index is 0.0835. The molecule has 142 valence electrons. The predicted octanol–water partition coefficient (Wildman–Crippen LogP) is 4.57. The number of piperidine rings is 1. The van der Waals surface area contributed by atoms with Crippen LogP contribution >= 0.6 is 0 Å². The van der Waals surface area contributed by atoms with Crippen LogP contribution in [0.15, 0.2) is 76.5 Å². The maximum atomic E-state index is 12.9. The number of hydrogen-bond donors (Lipinski definition) is 0. The summed E-state index contributed by atoms with van der Waals surface area (Å²) in [4.78, 5) is 2.35. The molecule has 3 rings (SSSR count). The largest absolute Gasteiger partial charge is 0.355 e. The molecule has 1 fully saturated rings. The summed E-state index contributed by atoms with van der Waals surface area (Å²) >= 11 is 0. The first-order valence-electron chi connectivity index (χ1n) is 9.31. The van der Waals surface area contributed by atoms with Crippen LogP contribution in [0.3, 0.4) is 0 Å². The van der Waals surface area contributed by atoms with Crippen molar-refractivity contribution in [1.82, 2.24) is 4.90 Å². The molecule has 0 N–H and O–H groups in total. The Kier molecular flexibility index (Phi) is 6.11. The zero-order valence-electron chi connectivity index (χ0n) is 15.7. The second kappa shape index (κ2) is 8.53. The molecule has 5 heteroatoms. The maximum absolute atomic E-state index is 12.9. The standard InChI is InChI=1S/C22H26N2O2S/c1-3-8-20-11-7-16-24(17-19-9-5-4-6-10-19)22(20)23-27(25,26)21-14-12-18(2)13-15-21/h3-6,9-10,12-15,20H,1,7-8,11,16-17H2,2H3/b23-22+. The zero-order valence-corrected chi connectivity index (χ0v) is 16.5. The quantitative estimate of drug-likeness (QED) is 0.688. The molecule has 1 unspecified atom stereocenters.